The number of hydroxylamine groups is 2. The highest BCUT2D eigenvalue weighted by Gasteiger charge is 2.50. The van der Waals surface area contributed by atoms with Gasteiger partial charge in [0, 0.05) is 0 Å². The van der Waals surface area contributed by atoms with E-state index in [0.29, 0.717) is 11.5 Å². The Hall–Kier alpha value is -2.94. The zero-order chi connectivity index (χ0) is 20.7. The summed E-state index contributed by atoms with van der Waals surface area (Å²) in [7, 11) is 0. The van der Waals surface area contributed by atoms with E-state index in [9.17, 15) is 24.3 Å². The number of benzene rings is 1. The van der Waals surface area contributed by atoms with Crippen LogP contribution in [0.15, 0.2) is 24.3 Å². The molecule has 9 nitrogen and oxygen atoms in total. The Kier molecular flexibility index (Phi) is 4.88. The highest BCUT2D eigenvalue weighted by atomic mass is 16.7. The van der Waals surface area contributed by atoms with E-state index in [1.54, 1.807) is 32.9 Å². The highest BCUT2D eigenvalue weighted by Crippen LogP contribution is 2.36. The van der Waals surface area contributed by atoms with E-state index in [4.69, 9.17) is 9.57 Å². The van der Waals surface area contributed by atoms with Gasteiger partial charge in [0.05, 0.1) is 16.7 Å². The van der Waals surface area contributed by atoms with Crippen LogP contribution in [0.25, 0.3) is 0 Å². The number of amides is 3. The minimum absolute atomic E-state index is 0.110. The monoisotopic (exact) mass is 390 g/mol. The maximum atomic E-state index is 12.7. The molecule has 1 aromatic carbocycles. The number of aliphatic hydroxyl groups is 1. The normalized spacial score (nSPS) is 18.8. The molecule has 1 aromatic rings. The minimum atomic E-state index is -1.54. The lowest BCUT2D eigenvalue weighted by Gasteiger charge is -2.41. The number of carbonyl (C=O) groups is 4. The van der Waals surface area contributed by atoms with Gasteiger partial charge in [-0.2, -0.15) is 0 Å². The summed E-state index contributed by atoms with van der Waals surface area (Å²) in [5.74, 6) is -2.70. The van der Waals surface area contributed by atoms with Crippen molar-refractivity contribution in [2.75, 3.05) is 0 Å². The van der Waals surface area contributed by atoms with Crippen molar-refractivity contribution in [3.63, 3.8) is 0 Å². The summed E-state index contributed by atoms with van der Waals surface area (Å²) in [6, 6.07) is 4.57. The van der Waals surface area contributed by atoms with Gasteiger partial charge in [-0.3, -0.25) is 9.59 Å². The molecule has 0 bridgehead atoms. The molecule has 1 unspecified atom stereocenters. The predicted molar refractivity (Wildman–Crippen MR) is 95.0 cm³/mol. The molecule has 0 radical (unpaired) electrons. The molecule has 1 aliphatic heterocycles. The first-order valence-corrected chi connectivity index (χ1v) is 8.93. The number of ether oxygens (including phenoxy) is 1. The Morgan fingerprint density at radius 3 is 2.11 bits per heavy atom. The van der Waals surface area contributed by atoms with Crippen molar-refractivity contribution in [2.24, 2.45) is 0 Å². The molecule has 1 saturated carbocycles. The molecule has 1 fully saturated rings. The second-order valence-electron chi connectivity index (χ2n) is 7.90. The molecular weight excluding hydrogens is 368 g/mol. The summed E-state index contributed by atoms with van der Waals surface area (Å²) in [4.78, 5) is 54.5. The number of fused-ring (bicyclic) bond motifs is 1. The van der Waals surface area contributed by atoms with Crippen LogP contribution in [-0.2, 0) is 14.4 Å². The molecule has 3 amide bonds. The van der Waals surface area contributed by atoms with Gasteiger partial charge in [-0.1, -0.05) is 17.2 Å². The van der Waals surface area contributed by atoms with Crippen molar-refractivity contribution in [2.45, 2.75) is 57.3 Å². The molecule has 0 aromatic heterocycles. The number of rotatable bonds is 4. The third kappa shape index (κ3) is 3.70. The summed E-state index contributed by atoms with van der Waals surface area (Å²) < 4.78 is 5.13. The van der Waals surface area contributed by atoms with Crippen LogP contribution in [0.1, 0.15) is 60.7 Å². The molecule has 1 aliphatic carbocycles. The van der Waals surface area contributed by atoms with Gasteiger partial charge in [-0.25, -0.2) is 9.59 Å². The third-order valence-corrected chi connectivity index (χ3v) is 4.59. The topological polar surface area (TPSA) is 122 Å². The Morgan fingerprint density at radius 1 is 1.14 bits per heavy atom. The molecule has 28 heavy (non-hydrogen) atoms. The van der Waals surface area contributed by atoms with Gasteiger partial charge < -0.3 is 20.0 Å². The molecule has 1 heterocycles. The van der Waals surface area contributed by atoms with E-state index >= 15 is 0 Å². The van der Waals surface area contributed by atoms with Crippen molar-refractivity contribution in [3.05, 3.63) is 35.4 Å². The van der Waals surface area contributed by atoms with Crippen LogP contribution in [0.5, 0.6) is 0 Å². The van der Waals surface area contributed by atoms with Gasteiger partial charge in [0.1, 0.15) is 5.60 Å². The molecule has 1 atom stereocenters. The van der Waals surface area contributed by atoms with E-state index in [1.165, 1.54) is 12.1 Å². The SMILES string of the molecule is CC(C)(C)OC(=O)NC(C(=O)ON1C(=O)c2ccccc2C1=O)C1(O)CCC1. The number of hydrogen-bond acceptors (Lipinski definition) is 7. The number of nitrogens with zero attached hydrogens (tertiary/aromatic N) is 1. The van der Waals surface area contributed by atoms with Gasteiger partial charge in [0.2, 0.25) is 0 Å². The van der Waals surface area contributed by atoms with Crippen LogP contribution >= 0.6 is 0 Å². The molecule has 0 spiro atoms. The van der Waals surface area contributed by atoms with E-state index in [-0.39, 0.29) is 24.0 Å². The zero-order valence-corrected chi connectivity index (χ0v) is 15.9. The zero-order valence-electron chi connectivity index (χ0n) is 15.9. The van der Waals surface area contributed by atoms with Crippen LogP contribution in [0, 0.1) is 0 Å². The molecule has 2 aliphatic rings. The van der Waals surface area contributed by atoms with Crippen LogP contribution in [0.2, 0.25) is 0 Å². The molecule has 0 saturated heterocycles. The first-order valence-electron chi connectivity index (χ1n) is 8.93. The van der Waals surface area contributed by atoms with Gasteiger partial charge in [-0.15, -0.1) is 0 Å². The second-order valence-corrected chi connectivity index (χ2v) is 7.90. The largest absolute Gasteiger partial charge is 0.444 e. The van der Waals surface area contributed by atoms with Gasteiger partial charge >= 0.3 is 12.1 Å². The summed E-state index contributed by atoms with van der Waals surface area (Å²) in [5.41, 5.74) is -2.13. The fourth-order valence-corrected chi connectivity index (χ4v) is 3.06. The highest BCUT2D eigenvalue weighted by molar-refractivity contribution is 6.20. The number of imide groups is 1. The van der Waals surface area contributed by atoms with E-state index in [0.717, 1.165) is 0 Å². The number of hydrogen-bond donors (Lipinski definition) is 2. The Balaban J connectivity index is 1.76. The molecule has 3 rings (SSSR count). The average Bonchev–Trinajstić information content (AvgIpc) is 2.81. The molecule has 9 heteroatoms. The summed E-state index contributed by atoms with van der Waals surface area (Å²) in [6.07, 6.45) is 0.246. The first kappa shape index (κ1) is 19.8. The van der Waals surface area contributed by atoms with E-state index in [2.05, 4.69) is 5.32 Å². The summed E-state index contributed by atoms with van der Waals surface area (Å²) in [6.45, 7) is 4.95. The standard InChI is InChI=1S/C19H22N2O7/c1-18(2,3)27-17(25)20-13(19(26)9-6-10-19)16(24)28-21-14(22)11-7-4-5-8-12(11)15(21)23/h4-5,7-8,13,26H,6,9-10H2,1-3H3,(H,20,25). The third-order valence-electron chi connectivity index (χ3n) is 4.59. The Labute approximate surface area is 161 Å². The van der Waals surface area contributed by atoms with Gasteiger partial charge in [0.25, 0.3) is 11.8 Å². The summed E-state index contributed by atoms with van der Waals surface area (Å²) >= 11 is 0. The van der Waals surface area contributed by atoms with Crippen molar-refractivity contribution in [1.82, 2.24) is 10.4 Å². The molecule has 2 N–H and O–H groups in total. The van der Waals surface area contributed by atoms with Crippen LogP contribution in [0.3, 0.4) is 0 Å². The van der Waals surface area contributed by atoms with Crippen LogP contribution in [-0.4, -0.2) is 51.3 Å². The molecular formula is C19H22N2O7. The van der Waals surface area contributed by atoms with Crippen molar-refractivity contribution in [1.29, 1.82) is 0 Å². The lowest BCUT2D eigenvalue weighted by atomic mass is 9.74. The quantitative estimate of drug-likeness (QED) is 0.748. The second kappa shape index (κ2) is 6.90. The van der Waals surface area contributed by atoms with Crippen molar-refractivity contribution < 1.29 is 33.9 Å². The summed E-state index contributed by atoms with van der Waals surface area (Å²) in [5, 5.41) is 13.3. The Bertz CT molecular complexity index is 804. The van der Waals surface area contributed by atoms with Gasteiger partial charge in [0.15, 0.2) is 6.04 Å². The fraction of sp³-hybridized carbons (Fsp3) is 0.474. The predicted octanol–water partition coefficient (Wildman–Crippen LogP) is 1.55. The lowest BCUT2D eigenvalue weighted by molar-refractivity contribution is -0.182. The number of nitrogens with one attached hydrogen (secondary N) is 1. The smallest absolute Gasteiger partial charge is 0.408 e. The average molecular weight is 390 g/mol. The van der Waals surface area contributed by atoms with E-state index < -0.39 is 41.1 Å². The maximum absolute atomic E-state index is 12.7. The van der Waals surface area contributed by atoms with E-state index in [1.807, 2.05) is 0 Å². The maximum Gasteiger partial charge on any atom is 0.408 e. The van der Waals surface area contributed by atoms with Crippen LogP contribution < -0.4 is 5.32 Å². The minimum Gasteiger partial charge on any atom is -0.444 e. The number of carbonyl (C=O) groups excluding carboxylic acids is 4. The van der Waals surface area contributed by atoms with Gasteiger partial charge in [-0.05, 0) is 52.2 Å². The first-order chi connectivity index (χ1) is 13.0. The molecule has 150 valence electrons. The number of alkyl carbamates (subject to hydrolysis) is 1. The Morgan fingerprint density at radius 2 is 1.68 bits per heavy atom. The van der Waals surface area contributed by atoms with Crippen molar-refractivity contribution >= 4 is 23.9 Å². The lowest BCUT2D eigenvalue weighted by Crippen LogP contribution is -2.62. The van der Waals surface area contributed by atoms with Crippen molar-refractivity contribution in [3.8, 4) is 0 Å². The fourth-order valence-electron chi connectivity index (χ4n) is 3.06. The van der Waals surface area contributed by atoms with Crippen LogP contribution in [0.4, 0.5) is 4.79 Å².